The summed E-state index contributed by atoms with van der Waals surface area (Å²) in [5, 5.41) is 0. The minimum absolute atomic E-state index is 0.972. The van der Waals surface area contributed by atoms with Crippen molar-refractivity contribution >= 4 is 0 Å². The Balaban J connectivity index is 2.23. The average molecular weight is 163 g/mol. The Morgan fingerprint density at radius 2 is 2.08 bits per heavy atom. The summed E-state index contributed by atoms with van der Waals surface area (Å²) in [6.45, 7) is 5.39. The fourth-order valence-electron chi connectivity index (χ4n) is 1.56. The lowest BCUT2D eigenvalue weighted by molar-refractivity contribution is 0.261. The molecule has 3 nitrogen and oxygen atoms in total. The predicted molar refractivity (Wildman–Crippen MR) is 46.7 cm³/mol. The van der Waals surface area contributed by atoms with E-state index in [0.29, 0.717) is 0 Å². The molecule has 0 fully saturated rings. The molecule has 0 unspecified atom stereocenters. The monoisotopic (exact) mass is 163 g/mol. The molecule has 0 amide bonds. The van der Waals surface area contributed by atoms with Crippen molar-refractivity contribution < 1.29 is 0 Å². The van der Waals surface area contributed by atoms with Gasteiger partial charge in [0.1, 0.15) is 0 Å². The lowest BCUT2D eigenvalue weighted by Crippen LogP contribution is -2.31. The van der Waals surface area contributed by atoms with Crippen LogP contribution in [-0.2, 0) is 13.0 Å². The van der Waals surface area contributed by atoms with Crippen molar-refractivity contribution in [3.05, 3.63) is 23.8 Å². The molecule has 1 aliphatic heterocycles. The summed E-state index contributed by atoms with van der Waals surface area (Å²) >= 11 is 0. The first kappa shape index (κ1) is 7.68. The first-order chi connectivity index (χ1) is 5.90. The summed E-state index contributed by atoms with van der Waals surface area (Å²) in [6, 6.07) is 0. The van der Waals surface area contributed by atoms with Crippen molar-refractivity contribution in [1.29, 1.82) is 0 Å². The van der Waals surface area contributed by atoms with Gasteiger partial charge in [-0.2, -0.15) is 0 Å². The van der Waals surface area contributed by atoms with Crippen LogP contribution in [0.3, 0.4) is 0 Å². The van der Waals surface area contributed by atoms with E-state index < -0.39 is 0 Å². The van der Waals surface area contributed by atoms with Gasteiger partial charge in [0, 0.05) is 31.9 Å². The molecule has 0 aliphatic carbocycles. The molecule has 0 bridgehead atoms. The van der Waals surface area contributed by atoms with Gasteiger partial charge in [-0.05, 0) is 6.54 Å². The van der Waals surface area contributed by atoms with Crippen LogP contribution in [0, 0.1) is 0 Å². The maximum Gasteiger partial charge on any atom is 0.0759 e. The lowest BCUT2D eigenvalue weighted by atomic mass is 10.1. The molecule has 0 aromatic carbocycles. The van der Waals surface area contributed by atoms with E-state index in [4.69, 9.17) is 0 Å². The second-order valence-corrected chi connectivity index (χ2v) is 3.07. The topological polar surface area (TPSA) is 29.0 Å². The van der Waals surface area contributed by atoms with Crippen LogP contribution in [0.2, 0.25) is 0 Å². The molecule has 0 spiro atoms. The first-order valence-electron chi connectivity index (χ1n) is 4.41. The van der Waals surface area contributed by atoms with Gasteiger partial charge >= 0.3 is 0 Å². The molecule has 1 aromatic heterocycles. The van der Waals surface area contributed by atoms with Gasteiger partial charge in [-0.3, -0.25) is 14.9 Å². The molecule has 1 aromatic rings. The van der Waals surface area contributed by atoms with Gasteiger partial charge in [-0.1, -0.05) is 6.92 Å². The van der Waals surface area contributed by atoms with E-state index in [1.54, 1.807) is 12.4 Å². The zero-order valence-electron chi connectivity index (χ0n) is 7.32. The Kier molecular flexibility index (Phi) is 2.04. The smallest absolute Gasteiger partial charge is 0.0759 e. The average Bonchev–Trinajstić information content (AvgIpc) is 2.17. The van der Waals surface area contributed by atoms with Gasteiger partial charge in [0.25, 0.3) is 0 Å². The summed E-state index contributed by atoms with van der Waals surface area (Å²) in [6.07, 6.45) is 4.61. The fourth-order valence-corrected chi connectivity index (χ4v) is 1.56. The Morgan fingerprint density at radius 3 is 2.83 bits per heavy atom. The Labute approximate surface area is 72.4 Å². The molecule has 2 rings (SSSR count). The molecule has 0 radical (unpaired) electrons. The van der Waals surface area contributed by atoms with Gasteiger partial charge < -0.3 is 0 Å². The highest BCUT2D eigenvalue weighted by Crippen LogP contribution is 2.12. The Bertz CT molecular complexity index is 272. The molecule has 0 atom stereocenters. The van der Waals surface area contributed by atoms with E-state index in [1.165, 1.54) is 5.69 Å². The standard InChI is InChI=1S/C9H13N3/c1-2-12-6-3-8-9(7-12)11-5-4-10-8/h4-5H,2-3,6-7H2,1H3. The fraction of sp³-hybridized carbons (Fsp3) is 0.556. The molecule has 1 aliphatic rings. The summed E-state index contributed by atoms with van der Waals surface area (Å²) in [4.78, 5) is 11.0. The van der Waals surface area contributed by atoms with E-state index >= 15 is 0 Å². The number of nitrogens with zero attached hydrogens (tertiary/aromatic N) is 3. The van der Waals surface area contributed by atoms with E-state index in [2.05, 4.69) is 21.8 Å². The SMILES string of the molecule is CCN1CCc2nccnc2C1. The van der Waals surface area contributed by atoms with Crippen molar-refractivity contribution in [2.75, 3.05) is 13.1 Å². The van der Waals surface area contributed by atoms with Crippen LogP contribution >= 0.6 is 0 Å². The highest BCUT2D eigenvalue weighted by atomic mass is 15.1. The second kappa shape index (κ2) is 3.19. The zero-order valence-corrected chi connectivity index (χ0v) is 7.32. The molecule has 0 saturated heterocycles. The first-order valence-corrected chi connectivity index (χ1v) is 4.41. The van der Waals surface area contributed by atoms with Crippen molar-refractivity contribution in [2.24, 2.45) is 0 Å². The van der Waals surface area contributed by atoms with Crippen molar-refractivity contribution in [1.82, 2.24) is 14.9 Å². The minimum atomic E-state index is 0.972. The van der Waals surface area contributed by atoms with Crippen molar-refractivity contribution in [3.63, 3.8) is 0 Å². The van der Waals surface area contributed by atoms with Crippen LogP contribution in [0.25, 0.3) is 0 Å². The van der Waals surface area contributed by atoms with E-state index in [9.17, 15) is 0 Å². The molecular weight excluding hydrogens is 150 g/mol. The van der Waals surface area contributed by atoms with Gasteiger partial charge in [0.05, 0.1) is 11.4 Å². The van der Waals surface area contributed by atoms with Crippen molar-refractivity contribution in [2.45, 2.75) is 19.9 Å². The van der Waals surface area contributed by atoms with Crippen molar-refractivity contribution in [3.8, 4) is 0 Å². The number of likely N-dealkylation sites (N-methyl/N-ethyl adjacent to an activating group) is 1. The predicted octanol–water partition coefficient (Wildman–Crippen LogP) is 0.855. The molecule has 3 heteroatoms. The molecule has 2 heterocycles. The third-order valence-electron chi connectivity index (χ3n) is 2.35. The molecule has 0 saturated carbocycles. The molecule has 12 heavy (non-hydrogen) atoms. The van der Waals surface area contributed by atoms with E-state index in [-0.39, 0.29) is 0 Å². The number of hydrogen-bond donors (Lipinski definition) is 0. The molecule has 64 valence electrons. The largest absolute Gasteiger partial charge is 0.297 e. The summed E-state index contributed by atoms with van der Waals surface area (Å²) < 4.78 is 0. The second-order valence-electron chi connectivity index (χ2n) is 3.07. The number of aromatic nitrogens is 2. The summed E-state index contributed by atoms with van der Waals surface area (Å²) in [5.74, 6) is 0. The third kappa shape index (κ3) is 1.32. The quantitative estimate of drug-likeness (QED) is 0.614. The van der Waals surface area contributed by atoms with Crippen LogP contribution in [0.5, 0.6) is 0 Å². The van der Waals surface area contributed by atoms with Crippen LogP contribution in [-0.4, -0.2) is 28.0 Å². The zero-order chi connectivity index (χ0) is 8.39. The third-order valence-corrected chi connectivity index (χ3v) is 2.35. The Morgan fingerprint density at radius 1 is 1.33 bits per heavy atom. The van der Waals surface area contributed by atoms with Crippen LogP contribution in [0.1, 0.15) is 18.3 Å². The summed E-state index contributed by atoms with van der Waals surface area (Å²) in [7, 11) is 0. The summed E-state index contributed by atoms with van der Waals surface area (Å²) in [5.41, 5.74) is 2.34. The van der Waals surface area contributed by atoms with Gasteiger partial charge in [0.15, 0.2) is 0 Å². The maximum absolute atomic E-state index is 4.31. The molecule has 0 N–H and O–H groups in total. The van der Waals surface area contributed by atoms with E-state index in [0.717, 1.165) is 31.7 Å². The van der Waals surface area contributed by atoms with E-state index in [1.807, 2.05) is 0 Å². The normalized spacial score (nSPS) is 17.4. The van der Waals surface area contributed by atoms with Gasteiger partial charge in [-0.25, -0.2) is 0 Å². The highest BCUT2D eigenvalue weighted by Gasteiger charge is 2.15. The lowest BCUT2D eigenvalue weighted by Gasteiger charge is -2.25. The van der Waals surface area contributed by atoms with Crippen LogP contribution < -0.4 is 0 Å². The number of hydrogen-bond acceptors (Lipinski definition) is 3. The molecular formula is C9H13N3. The van der Waals surface area contributed by atoms with Gasteiger partial charge in [-0.15, -0.1) is 0 Å². The van der Waals surface area contributed by atoms with Gasteiger partial charge in [0.2, 0.25) is 0 Å². The Hall–Kier alpha value is -0.960. The van der Waals surface area contributed by atoms with Crippen LogP contribution in [0.4, 0.5) is 0 Å². The van der Waals surface area contributed by atoms with Crippen LogP contribution in [0.15, 0.2) is 12.4 Å². The number of fused-ring (bicyclic) bond motifs is 1. The highest BCUT2D eigenvalue weighted by molar-refractivity contribution is 5.13. The minimum Gasteiger partial charge on any atom is -0.297 e. The maximum atomic E-state index is 4.31. The number of rotatable bonds is 1.